The van der Waals surface area contributed by atoms with Crippen LogP contribution >= 0.6 is 11.8 Å². The van der Waals surface area contributed by atoms with E-state index >= 15 is 0 Å². The molecule has 1 N–H and O–H groups in total. The summed E-state index contributed by atoms with van der Waals surface area (Å²) in [5, 5.41) is 12.8. The van der Waals surface area contributed by atoms with E-state index in [-0.39, 0.29) is 5.91 Å². The Morgan fingerprint density at radius 2 is 2.11 bits per heavy atom. The van der Waals surface area contributed by atoms with Gasteiger partial charge in [-0.3, -0.25) is 4.79 Å². The highest BCUT2D eigenvalue weighted by molar-refractivity contribution is 7.98. The van der Waals surface area contributed by atoms with Crippen molar-refractivity contribution in [2.24, 2.45) is 0 Å². The van der Waals surface area contributed by atoms with Crippen LogP contribution in [0.5, 0.6) is 5.75 Å². The highest BCUT2D eigenvalue weighted by Crippen LogP contribution is 2.33. The van der Waals surface area contributed by atoms with E-state index < -0.39 is 0 Å². The molecule has 0 atom stereocenters. The Bertz CT molecular complexity index is 871. The molecule has 0 bridgehead atoms. The van der Waals surface area contributed by atoms with E-state index in [2.05, 4.69) is 26.3 Å². The molecule has 1 fully saturated rings. The normalized spacial score (nSPS) is 16.4. The fourth-order valence-corrected chi connectivity index (χ4v) is 4.53. The summed E-state index contributed by atoms with van der Waals surface area (Å²) in [6.07, 6.45) is 10.6. The average molecular weight is 399 g/mol. The lowest BCUT2D eigenvalue weighted by atomic mass is 10.1. The fourth-order valence-electron chi connectivity index (χ4n) is 3.96. The second-order valence-corrected chi connectivity index (χ2v) is 8.04. The molecule has 0 unspecified atom stereocenters. The number of amides is 1. The molecule has 1 aliphatic carbocycles. The first kappa shape index (κ1) is 19.1. The van der Waals surface area contributed by atoms with Crippen LogP contribution in [0.4, 0.5) is 0 Å². The summed E-state index contributed by atoms with van der Waals surface area (Å²) in [5.74, 6) is 1.81. The third kappa shape index (κ3) is 4.09. The fraction of sp³-hybridized carbons (Fsp3) is 0.476. The number of carbonyl (C=O) groups is 1. The number of nitrogens with zero attached hydrogens (tertiary/aromatic N) is 3. The van der Waals surface area contributed by atoms with Gasteiger partial charge in [-0.15, -0.1) is 10.2 Å². The summed E-state index contributed by atoms with van der Waals surface area (Å²) in [7, 11) is 0. The molecule has 0 spiro atoms. The predicted molar refractivity (Wildman–Crippen MR) is 111 cm³/mol. The summed E-state index contributed by atoms with van der Waals surface area (Å²) in [6, 6.07) is 8.30. The highest BCUT2D eigenvalue weighted by atomic mass is 32.2. The third-order valence-electron chi connectivity index (χ3n) is 5.39. The first-order chi connectivity index (χ1) is 13.8. The zero-order valence-electron chi connectivity index (χ0n) is 16.2. The van der Waals surface area contributed by atoms with Gasteiger partial charge in [-0.05, 0) is 37.7 Å². The van der Waals surface area contributed by atoms with Gasteiger partial charge >= 0.3 is 0 Å². The number of carbonyl (C=O) groups excluding carboxylic acids is 1. The SMILES string of the molecule is CSc1nnc(CCCNC(=O)C2=Cc3ccccc3OC2)n1C1CCCC1. The molecule has 4 rings (SSSR count). The van der Waals surface area contributed by atoms with Gasteiger partial charge in [0.25, 0.3) is 5.91 Å². The second kappa shape index (κ2) is 8.82. The number of thioether (sulfide) groups is 1. The minimum Gasteiger partial charge on any atom is -0.488 e. The lowest BCUT2D eigenvalue weighted by molar-refractivity contribution is -0.117. The first-order valence-electron chi connectivity index (χ1n) is 9.94. The number of rotatable bonds is 7. The molecular formula is C21H26N4O2S. The zero-order valence-corrected chi connectivity index (χ0v) is 17.0. The van der Waals surface area contributed by atoms with Crippen LogP contribution < -0.4 is 10.1 Å². The van der Waals surface area contributed by atoms with E-state index in [0.717, 1.165) is 35.1 Å². The van der Waals surface area contributed by atoms with Crippen molar-refractivity contribution in [1.29, 1.82) is 0 Å². The van der Waals surface area contributed by atoms with Crippen molar-refractivity contribution in [3.05, 3.63) is 41.2 Å². The van der Waals surface area contributed by atoms with E-state index in [0.29, 0.717) is 24.8 Å². The Labute approximate surface area is 169 Å². The molecule has 1 aromatic carbocycles. The molecule has 148 valence electrons. The summed E-state index contributed by atoms with van der Waals surface area (Å²) < 4.78 is 7.99. The molecule has 1 aromatic heterocycles. The van der Waals surface area contributed by atoms with Crippen LogP contribution in [0, 0.1) is 0 Å². The molecule has 1 amide bonds. The number of benzene rings is 1. The van der Waals surface area contributed by atoms with E-state index in [1.54, 1.807) is 11.8 Å². The van der Waals surface area contributed by atoms with Crippen LogP contribution in [0.2, 0.25) is 0 Å². The van der Waals surface area contributed by atoms with Crippen LogP contribution in [0.25, 0.3) is 6.08 Å². The Morgan fingerprint density at radius 1 is 1.29 bits per heavy atom. The number of ether oxygens (including phenoxy) is 1. The minimum absolute atomic E-state index is 0.0587. The monoisotopic (exact) mass is 398 g/mol. The van der Waals surface area contributed by atoms with E-state index in [1.165, 1.54) is 25.7 Å². The number of nitrogens with one attached hydrogen (secondary N) is 1. The molecule has 1 saturated carbocycles. The average Bonchev–Trinajstić information content (AvgIpc) is 3.39. The van der Waals surface area contributed by atoms with Crippen LogP contribution in [0.15, 0.2) is 35.0 Å². The second-order valence-electron chi connectivity index (χ2n) is 7.27. The number of para-hydroxylation sites is 1. The molecule has 28 heavy (non-hydrogen) atoms. The quantitative estimate of drug-likeness (QED) is 0.570. The maximum atomic E-state index is 12.4. The molecule has 1 aliphatic heterocycles. The third-order valence-corrected chi connectivity index (χ3v) is 6.04. The minimum atomic E-state index is -0.0587. The van der Waals surface area contributed by atoms with Crippen molar-refractivity contribution in [3.8, 4) is 5.75 Å². The number of hydrogen-bond donors (Lipinski definition) is 1. The Kier molecular flexibility index (Phi) is 6.00. The summed E-state index contributed by atoms with van der Waals surface area (Å²) >= 11 is 1.66. The van der Waals surface area contributed by atoms with Gasteiger partial charge in [0.15, 0.2) is 5.16 Å². The Hall–Kier alpha value is -2.28. The molecule has 2 heterocycles. The van der Waals surface area contributed by atoms with Crippen molar-refractivity contribution in [3.63, 3.8) is 0 Å². The van der Waals surface area contributed by atoms with Crippen molar-refractivity contribution < 1.29 is 9.53 Å². The molecule has 2 aliphatic rings. The molecule has 2 aromatic rings. The largest absolute Gasteiger partial charge is 0.488 e. The number of fused-ring (bicyclic) bond motifs is 1. The van der Waals surface area contributed by atoms with Crippen LogP contribution in [-0.2, 0) is 11.2 Å². The molecular weight excluding hydrogens is 372 g/mol. The van der Waals surface area contributed by atoms with Gasteiger partial charge < -0.3 is 14.6 Å². The highest BCUT2D eigenvalue weighted by Gasteiger charge is 2.23. The number of hydrogen-bond acceptors (Lipinski definition) is 5. The van der Waals surface area contributed by atoms with Crippen LogP contribution in [0.1, 0.15) is 49.5 Å². The van der Waals surface area contributed by atoms with Gasteiger partial charge in [-0.1, -0.05) is 42.8 Å². The van der Waals surface area contributed by atoms with E-state index in [4.69, 9.17) is 4.74 Å². The smallest absolute Gasteiger partial charge is 0.250 e. The van der Waals surface area contributed by atoms with Crippen molar-refractivity contribution in [2.45, 2.75) is 49.7 Å². The maximum absolute atomic E-state index is 12.4. The Balaban J connectivity index is 1.31. The molecule has 6 nitrogen and oxygen atoms in total. The van der Waals surface area contributed by atoms with Gasteiger partial charge in [-0.2, -0.15) is 0 Å². The van der Waals surface area contributed by atoms with Gasteiger partial charge in [0.1, 0.15) is 18.2 Å². The summed E-state index contributed by atoms with van der Waals surface area (Å²) in [5.41, 5.74) is 1.62. The maximum Gasteiger partial charge on any atom is 0.250 e. The van der Waals surface area contributed by atoms with E-state index in [1.807, 2.05) is 30.3 Å². The van der Waals surface area contributed by atoms with Crippen molar-refractivity contribution in [2.75, 3.05) is 19.4 Å². The van der Waals surface area contributed by atoms with Crippen LogP contribution in [-0.4, -0.2) is 40.1 Å². The Morgan fingerprint density at radius 3 is 2.93 bits per heavy atom. The van der Waals surface area contributed by atoms with Crippen molar-refractivity contribution >= 4 is 23.7 Å². The molecule has 0 saturated heterocycles. The van der Waals surface area contributed by atoms with E-state index in [9.17, 15) is 4.79 Å². The number of aromatic nitrogens is 3. The first-order valence-corrected chi connectivity index (χ1v) is 11.2. The van der Waals surface area contributed by atoms with Gasteiger partial charge in [-0.25, -0.2) is 0 Å². The van der Waals surface area contributed by atoms with Gasteiger partial charge in [0.2, 0.25) is 0 Å². The molecule has 0 radical (unpaired) electrons. The standard InChI is InChI=1S/C21H26N4O2S/c1-28-21-24-23-19(25(21)17-8-3-4-9-17)11-6-12-22-20(26)16-13-15-7-2-5-10-18(15)27-14-16/h2,5,7,10,13,17H,3-4,6,8-9,11-12,14H2,1H3,(H,22,26). The van der Waals surface area contributed by atoms with Gasteiger partial charge in [0, 0.05) is 24.6 Å². The topological polar surface area (TPSA) is 69.0 Å². The number of aryl methyl sites for hydroxylation is 1. The van der Waals surface area contributed by atoms with Crippen LogP contribution in [0.3, 0.4) is 0 Å². The predicted octanol–water partition coefficient (Wildman–Crippen LogP) is 3.64. The summed E-state index contributed by atoms with van der Waals surface area (Å²) in [4.78, 5) is 12.4. The molecule has 7 heteroatoms. The lowest BCUT2D eigenvalue weighted by Crippen LogP contribution is -2.29. The lowest BCUT2D eigenvalue weighted by Gasteiger charge is -2.18. The van der Waals surface area contributed by atoms with Gasteiger partial charge in [0.05, 0.1) is 5.57 Å². The summed E-state index contributed by atoms with van der Waals surface area (Å²) in [6.45, 7) is 0.930. The zero-order chi connectivity index (χ0) is 19.3. The van der Waals surface area contributed by atoms with Crippen molar-refractivity contribution in [1.82, 2.24) is 20.1 Å².